The van der Waals surface area contributed by atoms with Gasteiger partial charge in [-0.3, -0.25) is 4.99 Å². The minimum atomic E-state index is -0.193. The second-order valence-corrected chi connectivity index (χ2v) is 6.23. The molecule has 23 heavy (non-hydrogen) atoms. The van der Waals surface area contributed by atoms with Crippen molar-refractivity contribution in [3.05, 3.63) is 35.8 Å². The first kappa shape index (κ1) is 15.8. The van der Waals surface area contributed by atoms with Gasteiger partial charge in [0.25, 0.3) is 0 Å². The van der Waals surface area contributed by atoms with Crippen LogP contribution in [0, 0.1) is 5.82 Å². The molecule has 0 unspecified atom stereocenters. The normalized spacial score (nSPS) is 16.7. The molecule has 4 nitrogen and oxygen atoms in total. The lowest BCUT2D eigenvalue weighted by atomic mass is 9.96. The van der Waals surface area contributed by atoms with Gasteiger partial charge < -0.3 is 15.6 Å². The van der Waals surface area contributed by atoms with Crippen molar-refractivity contribution in [2.75, 3.05) is 13.6 Å². The molecule has 1 heterocycles. The number of rotatable bonds is 4. The summed E-state index contributed by atoms with van der Waals surface area (Å²) in [5.41, 5.74) is 2.10. The molecule has 1 aliphatic carbocycles. The molecule has 124 valence electrons. The van der Waals surface area contributed by atoms with E-state index in [-0.39, 0.29) is 5.82 Å². The maximum Gasteiger partial charge on any atom is 0.191 e. The van der Waals surface area contributed by atoms with Gasteiger partial charge in [0.15, 0.2) is 5.96 Å². The zero-order valence-corrected chi connectivity index (χ0v) is 13.7. The highest BCUT2D eigenvalue weighted by Crippen LogP contribution is 2.20. The summed E-state index contributed by atoms with van der Waals surface area (Å²) >= 11 is 0. The van der Waals surface area contributed by atoms with E-state index in [0.29, 0.717) is 6.04 Å². The van der Waals surface area contributed by atoms with Gasteiger partial charge in [-0.1, -0.05) is 19.3 Å². The predicted octanol–water partition coefficient (Wildman–Crippen LogP) is 3.35. The third-order valence-electron chi connectivity index (χ3n) is 4.59. The van der Waals surface area contributed by atoms with E-state index >= 15 is 0 Å². The molecule has 1 aromatic heterocycles. The van der Waals surface area contributed by atoms with Crippen LogP contribution >= 0.6 is 0 Å². The quantitative estimate of drug-likeness (QED) is 0.598. The average molecular weight is 316 g/mol. The summed E-state index contributed by atoms with van der Waals surface area (Å²) in [6.07, 6.45) is 9.19. The Morgan fingerprint density at radius 1 is 1.30 bits per heavy atom. The zero-order valence-electron chi connectivity index (χ0n) is 13.7. The molecule has 0 saturated heterocycles. The van der Waals surface area contributed by atoms with Crippen molar-refractivity contribution in [2.24, 2.45) is 4.99 Å². The molecule has 0 aliphatic heterocycles. The third kappa shape index (κ3) is 4.03. The van der Waals surface area contributed by atoms with Crippen molar-refractivity contribution in [3.8, 4) is 0 Å². The second-order valence-electron chi connectivity index (χ2n) is 6.23. The number of nitrogens with zero attached hydrogens (tertiary/aromatic N) is 1. The number of hydrogen-bond acceptors (Lipinski definition) is 1. The maximum absolute atomic E-state index is 13.4. The molecule has 2 aromatic rings. The standard InChI is InChI=1S/C18H25FN4/c1-20-18(23-15-5-3-2-4-6-15)21-10-9-13-12-22-17-8-7-14(19)11-16(13)17/h7-8,11-12,15,22H,2-6,9-10H2,1H3,(H2,20,21,23). The molecule has 1 fully saturated rings. The van der Waals surface area contributed by atoms with Gasteiger partial charge in [0.05, 0.1) is 0 Å². The van der Waals surface area contributed by atoms with Gasteiger partial charge in [-0.15, -0.1) is 0 Å². The van der Waals surface area contributed by atoms with Crippen LogP contribution in [0.1, 0.15) is 37.7 Å². The first-order valence-electron chi connectivity index (χ1n) is 8.49. The first-order chi connectivity index (χ1) is 11.3. The van der Waals surface area contributed by atoms with Crippen LogP contribution in [0.5, 0.6) is 0 Å². The highest BCUT2D eigenvalue weighted by molar-refractivity contribution is 5.83. The van der Waals surface area contributed by atoms with E-state index in [1.807, 2.05) is 6.20 Å². The van der Waals surface area contributed by atoms with Gasteiger partial charge in [-0.2, -0.15) is 0 Å². The number of fused-ring (bicyclic) bond motifs is 1. The van der Waals surface area contributed by atoms with Crippen LogP contribution in [0.15, 0.2) is 29.4 Å². The van der Waals surface area contributed by atoms with Gasteiger partial charge in [0, 0.05) is 36.7 Å². The molecule has 0 atom stereocenters. The molecule has 0 spiro atoms. The molecular formula is C18H25FN4. The Balaban J connectivity index is 1.53. The van der Waals surface area contributed by atoms with Crippen LogP contribution in [0.25, 0.3) is 10.9 Å². The van der Waals surface area contributed by atoms with Gasteiger partial charge in [-0.25, -0.2) is 4.39 Å². The van der Waals surface area contributed by atoms with Crippen LogP contribution < -0.4 is 10.6 Å². The van der Waals surface area contributed by atoms with Crippen molar-refractivity contribution < 1.29 is 4.39 Å². The number of guanidine groups is 1. The van der Waals surface area contributed by atoms with Crippen LogP contribution in [-0.2, 0) is 6.42 Å². The van der Waals surface area contributed by atoms with Gasteiger partial charge in [-0.05, 0) is 43.0 Å². The lowest BCUT2D eigenvalue weighted by molar-refractivity contribution is 0.410. The predicted molar refractivity (Wildman–Crippen MR) is 93.3 cm³/mol. The minimum Gasteiger partial charge on any atom is -0.361 e. The molecule has 1 aromatic carbocycles. The van der Waals surface area contributed by atoms with Crippen molar-refractivity contribution in [1.82, 2.24) is 15.6 Å². The summed E-state index contributed by atoms with van der Waals surface area (Å²) < 4.78 is 13.4. The smallest absolute Gasteiger partial charge is 0.191 e. The van der Waals surface area contributed by atoms with E-state index in [2.05, 4.69) is 20.6 Å². The molecule has 0 bridgehead atoms. The summed E-state index contributed by atoms with van der Waals surface area (Å²) in [5, 5.41) is 7.83. The number of H-pyrrole nitrogens is 1. The number of aliphatic imine (C=N–C) groups is 1. The first-order valence-corrected chi connectivity index (χ1v) is 8.49. The number of aromatic nitrogens is 1. The van der Waals surface area contributed by atoms with E-state index in [1.165, 1.54) is 38.2 Å². The van der Waals surface area contributed by atoms with Crippen molar-refractivity contribution in [3.63, 3.8) is 0 Å². The van der Waals surface area contributed by atoms with Gasteiger partial charge in [0.1, 0.15) is 5.82 Å². The number of nitrogens with one attached hydrogen (secondary N) is 3. The summed E-state index contributed by atoms with van der Waals surface area (Å²) in [6.45, 7) is 0.774. The Bertz CT molecular complexity index is 671. The van der Waals surface area contributed by atoms with Crippen LogP contribution in [-0.4, -0.2) is 30.6 Å². The molecule has 1 aliphatic rings. The SMILES string of the molecule is CN=C(NCCc1c[nH]c2ccc(F)cc12)NC1CCCCC1. The fourth-order valence-electron chi connectivity index (χ4n) is 3.31. The topological polar surface area (TPSA) is 52.2 Å². The Kier molecular flexibility index (Phi) is 5.16. The molecular weight excluding hydrogens is 291 g/mol. The molecule has 3 rings (SSSR count). The number of aromatic amines is 1. The average Bonchev–Trinajstić information content (AvgIpc) is 2.97. The lowest BCUT2D eigenvalue weighted by Gasteiger charge is -2.24. The number of halogens is 1. The third-order valence-corrected chi connectivity index (χ3v) is 4.59. The molecule has 0 radical (unpaired) electrons. The maximum atomic E-state index is 13.4. The van der Waals surface area contributed by atoms with Gasteiger partial charge in [0.2, 0.25) is 0 Å². The Morgan fingerprint density at radius 3 is 2.91 bits per heavy atom. The molecule has 0 amide bonds. The Morgan fingerprint density at radius 2 is 2.13 bits per heavy atom. The molecule has 1 saturated carbocycles. The van der Waals surface area contributed by atoms with E-state index in [0.717, 1.165) is 35.4 Å². The molecule has 5 heteroatoms. The molecule has 3 N–H and O–H groups in total. The second kappa shape index (κ2) is 7.49. The van der Waals surface area contributed by atoms with Crippen LogP contribution in [0.4, 0.5) is 4.39 Å². The number of benzene rings is 1. The van der Waals surface area contributed by atoms with Crippen LogP contribution in [0.2, 0.25) is 0 Å². The van der Waals surface area contributed by atoms with Crippen LogP contribution in [0.3, 0.4) is 0 Å². The lowest BCUT2D eigenvalue weighted by Crippen LogP contribution is -2.44. The fourth-order valence-corrected chi connectivity index (χ4v) is 3.31. The van der Waals surface area contributed by atoms with E-state index in [4.69, 9.17) is 0 Å². The Hall–Kier alpha value is -2.04. The summed E-state index contributed by atoms with van der Waals surface area (Å²) in [4.78, 5) is 7.50. The highest BCUT2D eigenvalue weighted by atomic mass is 19.1. The fraction of sp³-hybridized carbons (Fsp3) is 0.500. The Labute approximate surface area is 136 Å². The zero-order chi connectivity index (χ0) is 16.1. The summed E-state index contributed by atoms with van der Waals surface area (Å²) in [6, 6.07) is 5.40. The van der Waals surface area contributed by atoms with Gasteiger partial charge >= 0.3 is 0 Å². The summed E-state index contributed by atoms with van der Waals surface area (Å²) in [5.74, 6) is 0.670. The highest BCUT2D eigenvalue weighted by Gasteiger charge is 2.14. The number of hydrogen-bond donors (Lipinski definition) is 3. The van der Waals surface area contributed by atoms with Crippen molar-refractivity contribution in [1.29, 1.82) is 0 Å². The van der Waals surface area contributed by atoms with Crippen molar-refractivity contribution >= 4 is 16.9 Å². The van der Waals surface area contributed by atoms with E-state index in [1.54, 1.807) is 19.2 Å². The monoisotopic (exact) mass is 316 g/mol. The summed E-state index contributed by atoms with van der Waals surface area (Å²) in [7, 11) is 1.80. The minimum absolute atomic E-state index is 0.193. The van der Waals surface area contributed by atoms with E-state index in [9.17, 15) is 4.39 Å². The van der Waals surface area contributed by atoms with Crippen molar-refractivity contribution in [2.45, 2.75) is 44.6 Å². The van der Waals surface area contributed by atoms with E-state index < -0.39 is 0 Å². The largest absolute Gasteiger partial charge is 0.361 e.